The number of carbonyl (C=O) groups is 1. The summed E-state index contributed by atoms with van der Waals surface area (Å²) < 4.78 is 38.2. The third kappa shape index (κ3) is 6.95. The van der Waals surface area contributed by atoms with Crippen LogP contribution in [0.4, 0.5) is 11.6 Å². The van der Waals surface area contributed by atoms with Gasteiger partial charge in [0.1, 0.15) is 11.5 Å². The maximum absolute atomic E-state index is 12.4. The molecule has 0 spiro atoms. The van der Waals surface area contributed by atoms with Crippen LogP contribution < -0.4 is 19.5 Å². The highest BCUT2D eigenvalue weighted by atomic mass is 32.2. The first-order valence-corrected chi connectivity index (χ1v) is 11.4. The quantitative estimate of drug-likeness (QED) is 0.480. The Kier molecular flexibility index (Phi) is 7.61. The van der Waals surface area contributed by atoms with Crippen LogP contribution >= 0.6 is 0 Å². The van der Waals surface area contributed by atoms with Gasteiger partial charge >= 0.3 is 0 Å². The summed E-state index contributed by atoms with van der Waals surface area (Å²) in [7, 11) is -3.84. The first-order chi connectivity index (χ1) is 15.3. The highest BCUT2D eigenvalue weighted by Crippen LogP contribution is 2.20. The summed E-state index contributed by atoms with van der Waals surface area (Å²) in [5.74, 6) is 1.17. The van der Waals surface area contributed by atoms with Crippen LogP contribution in [-0.2, 0) is 14.8 Å². The molecule has 32 heavy (non-hydrogen) atoms. The highest BCUT2D eigenvalue weighted by molar-refractivity contribution is 7.92. The van der Waals surface area contributed by atoms with Gasteiger partial charge in [-0.3, -0.25) is 4.79 Å². The fraction of sp³-hybridized carbons (Fsp3) is 0.227. The number of nitrogens with one attached hydrogen (secondary N) is 2. The smallest absolute Gasteiger partial charge is 0.264 e. The second-order valence-corrected chi connectivity index (χ2v) is 8.90. The van der Waals surface area contributed by atoms with Crippen molar-refractivity contribution in [3.63, 3.8) is 0 Å². The predicted octanol–water partition coefficient (Wildman–Crippen LogP) is 3.33. The molecule has 0 unspecified atom stereocenters. The van der Waals surface area contributed by atoms with Crippen LogP contribution in [-0.4, -0.2) is 37.5 Å². The van der Waals surface area contributed by atoms with Crippen LogP contribution in [0.3, 0.4) is 0 Å². The van der Waals surface area contributed by atoms with Crippen molar-refractivity contribution in [3.8, 4) is 11.5 Å². The van der Waals surface area contributed by atoms with Crippen LogP contribution in [0.2, 0.25) is 0 Å². The number of ether oxygens (including phenoxy) is 2. The van der Waals surface area contributed by atoms with Crippen LogP contribution in [0.1, 0.15) is 13.8 Å². The molecule has 0 saturated heterocycles. The van der Waals surface area contributed by atoms with E-state index in [0.29, 0.717) is 29.7 Å². The Morgan fingerprint density at radius 2 is 1.62 bits per heavy atom. The molecule has 3 rings (SSSR count). The molecule has 168 valence electrons. The standard InChI is InChI=1S/C22H24N4O5S/c1-16(2)14-30-18-5-3-6-19(13-18)31-15-21(27)25-17-7-9-20(10-8-17)32(28,29)26-22-23-11-4-12-24-22/h3-13,16H,14-15H2,1-2H3,(H,25,27)(H,23,24,26). The Morgan fingerprint density at radius 1 is 0.969 bits per heavy atom. The lowest BCUT2D eigenvalue weighted by Gasteiger charge is -2.11. The summed E-state index contributed by atoms with van der Waals surface area (Å²) in [4.78, 5) is 19.9. The molecule has 0 atom stereocenters. The van der Waals surface area contributed by atoms with Crippen LogP contribution in [0.15, 0.2) is 71.9 Å². The molecule has 0 fully saturated rings. The Morgan fingerprint density at radius 3 is 2.28 bits per heavy atom. The number of nitrogens with zero attached hydrogens (tertiary/aromatic N) is 2. The molecule has 2 N–H and O–H groups in total. The Labute approximate surface area is 186 Å². The average molecular weight is 457 g/mol. The number of hydrogen-bond donors (Lipinski definition) is 2. The number of rotatable bonds is 10. The second-order valence-electron chi connectivity index (χ2n) is 7.22. The zero-order chi connectivity index (χ0) is 23.0. The molecule has 0 aliphatic rings. The summed E-state index contributed by atoms with van der Waals surface area (Å²) in [6.45, 7) is 4.49. The van der Waals surface area contributed by atoms with Crippen LogP contribution in [0.5, 0.6) is 11.5 Å². The zero-order valence-corrected chi connectivity index (χ0v) is 18.5. The normalized spacial score (nSPS) is 11.1. The minimum atomic E-state index is -3.84. The van der Waals surface area contributed by atoms with Crippen molar-refractivity contribution >= 4 is 27.6 Å². The molecule has 0 bridgehead atoms. The number of hydrogen-bond acceptors (Lipinski definition) is 7. The predicted molar refractivity (Wildman–Crippen MR) is 120 cm³/mol. The molecular weight excluding hydrogens is 432 g/mol. The first kappa shape index (κ1) is 23.0. The molecule has 1 heterocycles. The van der Waals surface area contributed by atoms with E-state index in [2.05, 4.69) is 33.9 Å². The van der Waals surface area contributed by atoms with Crippen molar-refractivity contribution in [2.75, 3.05) is 23.3 Å². The molecule has 9 nitrogen and oxygen atoms in total. The molecule has 0 saturated carbocycles. The largest absolute Gasteiger partial charge is 0.493 e. The minimum Gasteiger partial charge on any atom is -0.493 e. The van der Waals surface area contributed by atoms with E-state index in [1.165, 1.54) is 36.7 Å². The highest BCUT2D eigenvalue weighted by Gasteiger charge is 2.15. The molecule has 1 aromatic heterocycles. The van der Waals surface area contributed by atoms with E-state index in [1.807, 2.05) is 6.07 Å². The van der Waals surface area contributed by atoms with Gasteiger partial charge in [0, 0.05) is 24.1 Å². The minimum absolute atomic E-state index is 0.0115. The van der Waals surface area contributed by atoms with Gasteiger partial charge in [0.05, 0.1) is 11.5 Å². The van der Waals surface area contributed by atoms with E-state index in [9.17, 15) is 13.2 Å². The first-order valence-electron chi connectivity index (χ1n) is 9.87. The molecule has 0 aliphatic carbocycles. The van der Waals surface area contributed by atoms with Crippen LogP contribution in [0.25, 0.3) is 0 Å². The number of sulfonamides is 1. The van der Waals surface area contributed by atoms with E-state index >= 15 is 0 Å². The van der Waals surface area contributed by atoms with Gasteiger partial charge in [-0.15, -0.1) is 0 Å². The van der Waals surface area contributed by atoms with Gasteiger partial charge in [0.25, 0.3) is 15.9 Å². The summed E-state index contributed by atoms with van der Waals surface area (Å²) in [5.41, 5.74) is 0.433. The van der Waals surface area contributed by atoms with Crippen LogP contribution in [0, 0.1) is 5.92 Å². The molecular formula is C22H24N4O5S. The monoisotopic (exact) mass is 456 g/mol. The topological polar surface area (TPSA) is 120 Å². The van der Waals surface area contributed by atoms with Gasteiger partial charge < -0.3 is 14.8 Å². The van der Waals surface area contributed by atoms with Crippen molar-refractivity contribution < 1.29 is 22.7 Å². The van der Waals surface area contributed by atoms with Crippen molar-refractivity contribution in [3.05, 3.63) is 67.0 Å². The SMILES string of the molecule is CC(C)COc1cccc(OCC(=O)Nc2ccc(S(=O)(=O)Nc3ncccn3)cc2)c1. The third-order valence-electron chi connectivity index (χ3n) is 4.00. The van der Waals surface area contributed by atoms with Gasteiger partial charge in [-0.1, -0.05) is 19.9 Å². The summed E-state index contributed by atoms with van der Waals surface area (Å²) >= 11 is 0. The summed E-state index contributed by atoms with van der Waals surface area (Å²) in [6, 6.07) is 14.4. The summed E-state index contributed by atoms with van der Waals surface area (Å²) in [6.07, 6.45) is 2.86. The number of amides is 1. The van der Waals surface area contributed by atoms with E-state index in [-0.39, 0.29) is 23.4 Å². The average Bonchev–Trinajstić information content (AvgIpc) is 2.77. The lowest BCUT2D eigenvalue weighted by molar-refractivity contribution is -0.118. The fourth-order valence-corrected chi connectivity index (χ4v) is 3.47. The Bertz CT molecular complexity index is 1140. The van der Waals surface area contributed by atoms with Gasteiger partial charge in [-0.2, -0.15) is 0 Å². The molecule has 10 heteroatoms. The number of carbonyl (C=O) groups excluding carboxylic acids is 1. The van der Waals surface area contributed by atoms with Gasteiger partial charge in [-0.05, 0) is 48.4 Å². The number of anilines is 2. The molecule has 2 aromatic carbocycles. The van der Waals surface area contributed by atoms with Crippen molar-refractivity contribution in [1.29, 1.82) is 0 Å². The van der Waals surface area contributed by atoms with E-state index in [1.54, 1.807) is 24.3 Å². The van der Waals surface area contributed by atoms with E-state index in [4.69, 9.17) is 9.47 Å². The maximum Gasteiger partial charge on any atom is 0.264 e. The van der Waals surface area contributed by atoms with E-state index in [0.717, 1.165) is 0 Å². The number of benzene rings is 2. The molecule has 0 radical (unpaired) electrons. The molecule has 1 amide bonds. The van der Waals surface area contributed by atoms with Crippen molar-refractivity contribution in [2.45, 2.75) is 18.7 Å². The van der Waals surface area contributed by atoms with Gasteiger partial charge in [0.2, 0.25) is 5.95 Å². The second kappa shape index (κ2) is 10.6. The van der Waals surface area contributed by atoms with Crippen molar-refractivity contribution in [1.82, 2.24) is 9.97 Å². The molecule has 0 aliphatic heterocycles. The fourth-order valence-electron chi connectivity index (χ4n) is 2.51. The zero-order valence-electron chi connectivity index (χ0n) is 17.7. The Balaban J connectivity index is 1.53. The lowest BCUT2D eigenvalue weighted by Crippen LogP contribution is -2.20. The number of aromatic nitrogens is 2. The Hall–Kier alpha value is -3.66. The van der Waals surface area contributed by atoms with Gasteiger partial charge in [-0.25, -0.2) is 23.1 Å². The van der Waals surface area contributed by atoms with Crippen molar-refractivity contribution in [2.24, 2.45) is 5.92 Å². The maximum atomic E-state index is 12.4. The molecule has 3 aromatic rings. The summed E-state index contributed by atoms with van der Waals surface area (Å²) in [5, 5.41) is 2.66. The lowest BCUT2D eigenvalue weighted by atomic mass is 10.2. The third-order valence-corrected chi connectivity index (χ3v) is 5.34. The van der Waals surface area contributed by atoms with E-state index < -0.39 is 10.0 Å². The van der Waals surface area contributed by atoms with Gasteiger partial charge in [0.15, 0.2) is 6.61 Å².